The first-order valence-electron chi connectivity index (χ1n) is 7.66. The lowest BCUT2D eigenvalue weighted by atomic mass is 9.84. The number of nitrogens with zero attached hydrogens (tertiary/aromatic N) is 1. The van der Waals surface area contributed by atoms with E-state index in [0.717, 1.165) is 10.8 Å². The highest BCUT2D eigenvalue weighted by Crippen LogP contribution is 2.36. The van der Waals surface area contributed by atoms with E-state index in [1.165, 1.54) is 0 Å². The van der Waals surface area contributed by atoms with E-state index in [2.05, 4.69) is 0 Å². The summed E-state index contributed by atoms with van der Waals surface area (Å²) in [6.45, 7) is 2.10. The molecule has 0 radical (unpaired) electrons. The van der Waals surface area contributed by atoms with E-state index in [4.69, 9.17) is 0 Å². The third-order valence-corrected chi connectivity index (χ3v) is 4.66. The van der Waals surface area contributed by atoms with Crippen LogP contribution in [0.1, 0.15) is 27.6 Å². The Balaban J connectivity index is 1.75. The average molecular weight is 302 g/mol. The van der Waals surface area contributed by atoms with Gasteiger partial charge in [0, 0.05) is 22.6 Å². The molecule has 0 N–H and O–H groups in total. The Morgan fingerprint density at radius 1 is 0.826 bits per heavy atom. The zero-order valence-electron chi connectivity index (χ0n) is 12.8. The number of carbonyl (C=O) groups is 2. The number of pyridine rings is 1. The maximum atomic E-state index is 12.8. The smallest absolute Gasteiger partial charge is 0.183 e. The number of aromatic nitrogens is 1. The van der Waals surface area contributed by atoms with Gasteiger partial charge in [0.2, 0.25) is 0 Å². The molecule has 4 rings (SSSR count). The minimum absolute atomic E-state index is 0.0845. The maximum absolute atomic E-state index is 12.8. The summed E-state index contributed by atoms with van der Waals surface area (Å²) in [6.07, 6.45) is 3.92. The first kappa shape index (κ1) is 13.8. The van der Waals surface area contributed by atoms with Crippen molar-refractivity contribution in [3.8, 4) is 0 Å². The van der Waals surface area contributed by atoms with Crippen molar-refractivity contribution < 1.29 is 14.2 Å². The van der Waals surface area contributed by atoms with Crippen molar-refractivity contribution >= 4 is 22.3 Å². The van der Waals surface area contributed by atoms with Gasteiger partial charge in [0.25, 0.3) is 0 Å². The van der Waals surface area contributed by atoms with E-state index in [0.29, 0.717) is 17.7 Å². The molecule has 3 nitrogen and oxygen atoms in total. The van der Waals surface area contributed by atoms with Gasteiger partial charge < -0.3 is 0 Å². The molecule has 0 saturated carbocycles. The van der Waals surface area contributed by atoms with Crippen molar-refractivity contribution in [3.63, 3.8) is 0 Å². The maximum Gasteiger partial charge on any atom is 0.183 e. The Labute approximate surface area is 134 Å². The molecular weight excluding hydrogens is 286 g/mol. The Kier molecular flexibility index (Phi) is 2.91. The van der Waals surface area contributed by atoms with Gasteiger partial charge in [-0.2, -0.15) is 0 Å². The molecule has 1 aliphatic rings. The lowest BCUT2D eigenvalue weighted by Crippen LogP contribution is -2.47. The summed E-state index contributed by atoms with van der Waals surface area (Å²) in [5.74, 6) is -0.169. The number of carbonyl (C=O) groups excluding carboxylic acids is 2. The second kappa shape index (κ2) is 4.85. The highest BCUT2D eigenvalue weighted by molar-refractivity contribution is 6.29. The van der Waals surface area contributed by atoms with E-state index in [1.54, 1.807) is 31.2 Å². The highest BCUT2D eigenvalue weighted by atomic mass is 16.2. The molecule has 0 aliphatic heterocycles. The van der Waals surface area contributed by atoms with Crippen LogP contribution in [-0.2, 0) is 6.54 Å². The number of fused-ring (bicyclic) bond motifs is 2. The predicted molar refractivity (Wildman–Crippen MR) is 87.4 cm³/mol. The molecule has 3 aromatic rings. The monoisotopic (exact) mass is 302 g/mol. The fourth-order valence-electron chi connectivity index (χ4n) is 3.36. The van der Waals surface area contributed by atoms with Gasteiger partial charge in [0.05, 0.1) is 0 Å². The molecule has 0 amide bonds. The third-order valence-electron chi connectivity index (χ3n) is 4.66. The van der Waals surface area contributed by atoms with E-state index in [1.807, 2.05) is 47.3 Å². The summed E-state index contributed by atoms with van der Waals surface area (Å²) in [4.78, 5) is 25.5. The van der Waals surface area contributed by atoms with Crippen molar-refractivity contribution in [2.75, 3.05) is 0 Å². The lowest BCUT2D eigenvalue weighted by Gasteiger charge is -2.16. The first-order valence-corrected chi connectivity index (χ1v) is 7.66. The fraction of sp³-hybridized carbons (Fsp3) is 0.150. The molecule has 0 fully saturated rings. The standard InChI is InChI=1S/C20H16NO2/c1-20(18(22)16-8-4-5-9-17(16)19(20)23)13-21-11-10-14-6-2-3-7-15(14)12-21/h2-12H,13H2,1H3/q+1. The molecule has 1 aliphatic carbocycles. The fourth-order valence-corrected chi connectivity index (χ4v) is 3.36. The second-order valence-electron chi connectivity index (χ2n) is 6.28. The predicted octanol–water partition coefficient (Wildman–Crippen LogP) is 3.21. The van der Waals surface area contributed by atoms with Crippen LogP contribution in [0.5, 0.6) is 0 Å². The molecule has 3 heteroatoms. The van der Waals surface area contributed by atoms with Crippen LogP contribution in [-0.4, -0.2) is 11.6 Å². The molecule has 0 saturated heterocycles. The van der Waals surface area contributed by atoms with Gasteiger partial charge in [-0.15, -0.1) is 0 Å². The van der Waals surface area contributed by atoms with Gasteiger partial charge >= 0.3 is 0 Å². The minimum Gasteiger partial charge on any atom is -0.293 e. The molecule has 0 atom stereocenters. The van der Waals surface area contributed by atoms with Crippen molar-refractivity contribution in [2.45, 2.75) is 13.5 Å². The van der Waals surface area contributed by atoms with Crippen LogP contribution in [0.25, 0.3) is 10.8 Å². The van der Waals surface area contributed by atoms with Crippen LogP contribution in [0.3, 0.4) is 0 Å². The Morgan fingerprint density at radius 3 is 2.04 bits per heavy atom. The van der Waals surface area contributed by atoms with E-state index in [-0.39, 0.29) is 11.6 Å². The summed E-state index contributed by atoms with van der Waals surface area (Å²) >= 11 is 0. The number of ketones is 2. The van der Waals surface area contributed by atoms with Crippen LogP contribution < -0.4 is 4.57 Å². The zero-order valence-corrected chi connectivity index (χ0v) is 12.8. The SMILES string of the molecule is CC1(C[n+]2ccc3ccccc3c2)C(=O)c2ccccc2C1=O. The van der Waals surface area contributed by atoms with Gasteiger partial charge in [-0.05, 0) is 18.4 Å². The van der Waals surface area contributed by atoms with Crippen LogP contribution in [0.2, 0.25) is 0 Å². The molecule has 0 unspecified atom stereocenters. The van der Waals surface area contributed by atoms with Crippen molar-refractivity contribution in [1.29, 1.82) is 0 Å². The largest absolute Gasteiger partial charge is 0.293 e. The summed E-state index contributed by atoms with van der Waals surface area (Å²) in [5, 5.41) is 2.23. The van der Waals surface area contributed by atoms with Crippen molar-refractivity contribution in [1.82, 2.24) is 0 Å². The average Bonchev–Trinajstić information content (AvgIpc) is 2.77. The van der Waals surface area contributed by atoms with E-state index in [9.17, 15) is 9.59 Å². The summed E-state index contributed by atoms with van der Waals surface area (Å²) < 4.78 is 1.93. The second-order valence-corrected chi connectivity index (χ2v) is 6.28. The molecule has 0 spiro atoms. The molecule has 23 heavy (non-hydrogen) atoms. The topological polar surface area (TPSA) is 38.0 Å². The third kappa shape index (κ3) is 2.00. The van der Waals surface area contributed by atoms with Gasteiger partial charge in [-0.25, -0.2) is 4.57 Å². The Hall–Kier alpha value is -2.81. The lowest BCUT2D eigenvalue weighted by molar-refractivity contribution is -0.702. The molecule has 0 bridgehead atoms. The number of Topliss-reactive ketones (excluding diaryl/α,β-unsaturated/α-hetero) is 2. The number of rotatable bonds is 2. The molecule has 1 aromatic heterocycles. The summed E-state index contributed by atoms with van der Waals surface area (Å²) in [5.41, 5.74) is 0.0550. The van der Waals surface area contributed by atoms with Crippen LogP contribution >= 0.6 is 0 Å². The van der Waals surface area contributed by atoms with Crippen LogP contribution in [0.4, 0.5) is 0 Å². The minimum atomic E-state index is -1.03. The van der Waals surface area contributed by atoms with Gasteiger partial charge in [0.1, 0.15) is 0 Å². The van der Waals surface area contributed by atoms with Gasteiger partial charge in [-0.1, -0.05) is 42.5 Å². The van der Waals surface area contributed by atoms with Crippen LogP contribution in [0.15, 0.2) is 67.0 Å². The van der Waals surface area contributed by atoms with E-state index < -0.39 is 5.41 Å². The van der Waals surface area contributed by atoms with E-state index >= 15 is 0 Å². The normalized spacial score (nSPS) is 15.9. The zero-order chi connectivity index (χ0) is 16.0. The van der Waals surface area contributed by atoms with Gasteiger partial charge in [0.15, 0.2) is 35.9 Å². The summed E-state index contributed by atoms with van der Waals surface area (Å²) in [6, 6.07) is 17.2. The number of benzene rings is 2. The van der Waals surface area contributed by atoms with Gasteiger partial charge in [-0.3, -0.25) is 9.59 Å². The molecule has 2 aromatic carbocycles. The van der Waals surface area contributed by atoms with Crippen molar-refractivity contribution in [2.24, 2.45) is 5.41 Å². The number of hydrogen-bond acceptors (Lipinski definition) is 2. The first-order chi connectivity index (χ1) is 11.1. The Morgan fingerprint density at radius 2 is 1.39 bits per heavy atom. The Bertz CT molecular complexity index is 924. The molecular formula is C20H16NO2+. The molecule has 112 valence electrons. The molecule has 1 heterocycles. The quantitative estimate of drug-likeness (QED) is 0.538. The summed E-state index contributed by atoms with van der Waals surface area (Å²) in [7, 11) is 0. The number of hydrogen-bond donors (Lipinski definition) is 0. The highest BCUT2D eigenvalue weighted by Gasteiger charge is 2.52. The van der Waals surface area contributed by atoms with Crippen molar-refractivity contribution in [3.05, 3.63) is 78.1 Å². The van der Waals surface area contributed by atoms with Crippen LogP contribution in [0, 0.1) is 5.41 Å².